The van der Waals surface area contributed by atoms with Crippen LogP contribution < -0.4 is 0 Å². The average Bonchev–Trinajstić information content (AvgIpc) is 3.09. The smallest absolute Gasteiger partial charge is 0.270 e. The molecule has 0 saturated carbocycles. The van der Waals surface area contributed by atoms with Gasteiger partial charge in [0.1, 0.15) is 11.5 Å². The number of hydrogen-bond donors (Lipinski definition) is 1. The minimum absolute atomic E-state index is 0.0466. The Morgan fingerprint density at radius 1 is 1.08 bits per heavy atom. The number of benzene rings is 2. The molecule has 0 bridgehead atoms. The highest BCUT2D eigenvalue weighted by atomic mass is 79.9. The van der Waals surface area contributed by atoms with Crippen molar-refractivity contribution in [1.82, 2.24) is 14.8 Å². The molecule has 2 aromatic carbocycles. The van der Waals surface area contributed by atoms with Crippen molar-refractivity contribution >= 4 is 32.7 Å². The van der Waals surface area contributed by atoms with Gasteiger partial charge in [0.2, 0.25) is 0 Å². The van der Waals surface area contributed by atoms with E-state index in [1.807, 2.05) is 47.4 Å². The maximum absolute atomic E-state index is 13.3. The lowest BCUT2D eigenvalue weighted by Crippen LogP contribution is -2.48. The molecule has 26 heavy (non-hydrogen) atoms. The van der Waals surface area contributed by atoms with Crippen molar-refractivity contribution in [1.29, 1.82) is 0 Å². The van der Waals surface area contributed by atoms with E-state index in [2.05, 4.69) is 25.8 Å². The minimum Gasteiger partial charge on any atom is -0.351 e. The summed E-state index contributed by atoms with van der Waals surface area (Å²) in [7, 11) is 0. The van der Waals surface area contributed by atoms with Crippen molar-refractivity contribution in [2.24, 2.45) is 0 Å². The molecule has 4 rings (SSSR count). The fraction of sp³-hybridized carbons (Fsp3) is 0.250. The first-order chi connectivity index (χ1) is 12.6. The Morgan fingerprint density at radius 3 is 2.58 bits per heavy atom. The summed E-state index contributed by atoms with van der Waals surface area (Å²) in [5, 5.41) is 1.05. The average molecular weight is 416 g/mol. The first kappa shape index (κ1) is 17.2. The Labute approximate surface area is 159 Å². The molecule has 0 spiro atoms. The third-order valence-electron chi connectivity index (χ3n) is 4.81. The quantitative estimate of drug-likeness (QED) is 0.701. The van der Waals surface area contributed by atoms with Gasteiger partial charge >= 0.3 is 0 Å². The summed E-state index contributed by atoms with van der Waals surface area (Å²) in [4.78, 5) is 20.1. The molecular formula is C20H19BrFN3O. The number of para-hydroxylation sites is 1. The Kier molecular flexibility index (Phi) is 4.78. The number of halogens is 2. The summed E-state index contributed by atoms with van der Waals surface area (Å²) < 4.78 is 13.8. The second-order valence-electron chi connectivity index (χ2n) is 6.59. The molecular weight excluding hydrogens is 397 g/mol. The van der Waals surface area contributed by atoms with Crippen LogP contribution in [0.25, 0.3) is 10.9 Å². The van der Waals surface area contributed by atoms with Crippen molar-refractivity contribution < 1.29 is 9.18 Å². The number of nitrogens with zero attached hydrogens (tertiary/aromatic N) is 2. The normalized spacial score (nSPS) is 15.5. The summed E-state index contributed by atoms with van der Waals surface area (Å²) in [6.45, 7) is 3.75. The summed E-state index contributed by atoms with van der Waals surface area (Å²) in [6.07, 6.45) is 0. The van der Waals surface area contributed by atoms with Crippen LogP contribution in [0.15, 0.2) is 53.0 Å². The van der Waals surface area contributed by atoms with Crippen molar-refractivity contribution in [3.8, 4) is 0 Å². The molecule has 1 aliphatic rings. The number of piperazine rings is 1. The van der Waals surface area contributed by atoms with Gasteiger partial charge in [-0.25, -0.2) is 4.39 Å². The zero-order chi connectivity index (χ0) is 18.1. The number of fused-ring (bicyclic) bond motifs is 1. The van der Waals surface area contributed by atoms with Gasteiger partial charge in [-0.3, -0.25) is 9.69 Å². The summed E-state index contributed by atoms with van der Waals surface area (Å²) in [5.41, 5.74) is 2.69. The lowest BCUT2D eigenvalue weighted by molar-refractivity contribution is 0.0623. The molecule has 1 saturated heterocycles. The number of carbonyl (C=O) groups excluding carboxylic acids is 1. The highest BCUT2D eigenvalue weighted by molar-refractivity contribution is 9.10. The van der Waals surface area contributed by atoms with Crippen LogP contribution in [0.5, 0.6) is 0 Å². The van der Waals surface area contributed by atoms with Crippen LogP contribution in [-0.4, -0.2) is 46.9 Å². The highest BCUT2D eigenvalue weighted by Gasteiger charge is 2.23. The number of hydrogen-bond acceptors (Lipinski definition) is 2. The lowest BCUT2D eigenvalue weighted by atomic mass is 10.2. The van der Waals surface area contributed by atoms with Crippen molar-refractivity contribution in [3.63, 3.8) is 0 Å². The highest BCUT2D eigenvalue weighted by Crippen LogP contribution is 2.20. The number of H-pyrrole nitrogens is 1. The predicted octanol–water partition coefficient (Wildman–Crippen LogP) is 4.03. The van der Waals surface area contributed by atoms with E-state index in [1.54, 1.807) is 0 Å². The van der Waals surface area contributed by atoms with Crippen molar-refractivity contribution in [2.45, 2.75) is 6.54 Å². The van der Waals surface area contributed by atoms with Crippen LogP contribution in [0.4, 0.5) is 4.39 Å². The Hall–Kier alpha value is -2.18. The number of aromatic nitrogens is 1. The molecule has 1 N–H and O–H groups in total. The molecule has 1 amide bonds. The van der Waals surface area contributed by atoms with E-state index in [4.69, 9.17) is 0 Å². The molecule has 2 heterocycles. The van der Waals surface area contributed by atoms with Gasteiger partial charge in [-0.05, 0) is 45.8 Å². The van der Waals surface area contributed by atoms with E-state index in [-0.39, 0.29) is 11.7 Å². The van der Waals surface area contributed by atoms with Crippen molar-refractivity contribution in [3.05, 3.63) is 70.1 Å². The fourth-order valence-electron chi connectivity index (χ4n) is 3.36. The predicted molar refractivity (Wildman–Crippen MR) is 104 cm³/mol. The molecule has 1 aromatic heterocycles. The number of carbonyl (C=O) groups is 1. The summed E-state index contributed by atoms with van der Waals surface area (Å²) >= 11 is 3.23. The third kappa shape index (κ3) is 3.52. The largest absolute Gasteiger partial charge is 0.351 e. The molecule has 0 radical (unpaired) electrons. The second-order valence-corrected chi connectivity index (χ2v) is 7.44. The molecule has 6 heteroatoms. The number of amides is 1. The summed E-state index contributed by atoms with van der Waals surface area (Å²) in [6, 6.07) is 14.9. The topological polar surface area (TPSA) is 39.3 Å². The number of aromatic amines is 1. The van der Waals surface area contributed by atoms with E-state index in [9.17, 15) is 9.18 Å². The van der Waals surface area contributed by atoms with Gasteiger partial charge in [0, 0.05) is 43.6 Å². The van der Waals surface area contributed by atoms with Gasteiger partial charge in [-0.2, -0.15) is 0 Å². The van der Waals surface area contributed by atoms with E-state index in [0.29, 0.717) is 23.3 Å². The Balaban J connectivity index is 1.38. The van der Waals surface area contributed by atoms with Gasteiger partial charge in [-0.15, -0.1) is 0 Å². The maximum atomic E-state index is 13.3. The van der Waals surface area contributed by atoms with E-state index in [0.717, 1.165) is 36.1 Å². The van der Waals surface area contributed by atoms with Gasteiger partial charge < -0.3 is 9.88 Å². The fourth-order valence-corrected chi connectivity index (χ4v) is 3.79. The summed E-state index contributed by atoms with van der Waals surface area (Å²) in [5.74, 6) is -0.201. The van der Waals surface area contributed by atoms with Crippen LogP contribution in [-0.2, 0) is 6.54 Å². The standard InChI is InChI=1S/C20H19BrFN3O/c21-16-11-14(5-6-17(16)22)13-24-7-9-25(10-8-24)20(26)19-12-15-3-1-2-4-18(15)23-19/h1-6,11-12,23H,7-10,13H2. The van der Waals surface area contributed by atoms with E-state index >= 15 is 0 Å². The van der Waals surface area contributed by atoms with E-state index < -0.39 is 0 Å². The maximum Gasteiger partial charge on any atom is 0.270 e. The van der Waals surface area contributed by atoms with Gasteiger partial charge in [-0.1, -0.05) is 24.3 Å². The minimum atomic E-state index is -0.248. The Morgan fingerprint density at radius 2 is 1.85 bits per heavy atom. The zero-order valence-electron chi connectivity index (χ0n) is 14.2. The second kappa shape index (κ2) is 7.21. The van der Waals surface area contributed by atoms with Gasteiger partial charge in [0.25, 0.3) is 5.91 Å². The first-order valence-electron chi connectivity index (χ1n) is 8.63. The lowest BCUT2D eigenvalue weighted by Gasteiger charge is -2.34. The zero-order valence-corrected chi connectivity index (χ0v) is 15.8. The number of nitrogens with one attached hydrogen (secondary N) is 1. The van der Waals surface area contributed by atoms with Crippen LogP contribution in [0, 0.1) is 5.82 Å². The van der Waals surface area contributed by atoms with Crippen LogP contribution >= 0.6 is 15.9 Å². The molecule has 0 unspecified atom stereocenters. The van der Waals surface area contributed by atoms with E-state index in [1.165, 1.54) is 6.07 Å². The third-order valence-corrected chi connectivity index (χ3v) is 5.42. The Bertz CT molecular complexity index is 914. The SMILES string of the molecule is O=C(c1cc2ccccc2[nH]1)N1CCN(Cc2ccc(F)c(Br)c2)CC1. The van der Waals surface area contributed by atoms with Crippen LogP contribution in [0.3, 0.4) is 0 Å². The molecule has 3 aromatic rings. The molecule has 1 aliphatic heterocycles. The van der Waals surface area contributed by atoms with Gasteiger partial charge in [0.05, 0.1) is 4.47 Å². The first-order valence-corrected chi connectivity index (χ1v) is 9.43. The number of rotatable bonds is 3. The van der Waals surface area contributed by atoms with Crippen LogP contribution in [0.1, 0.15) is 16.1 Å². The monoisotopic (exact) mass is 415 g/mol. The molecule has 0 atom stereocenters. The molecule has 134 valence electrons. The molecule has 0 aliphatic carbocycles. The molecule has 4 nitrogen and oxygen atoms in total. The van der Waals surface area contributed by atoms with Gasteiger partial charge in [0.15, 0.2) is 0 Å². The van der Waals surface area contributed by atoms with Crippen LogP contribution in [0.2, 0.25) is 0 Å². The molecule has 1 fully saturated rings. The van der Waals surface area contributed by atoms with Crippen molar-refractivity contribution in [2.75, 3.05) is 26.2 Å².